The molecule has 3 heterocycles. The van der Waals surface area contributed by atoms with E-state index in [1.807, 2.05) is 54.2 Å². The molecular weight excluding hydrogens is 432 g/mol. The summed E-state index contributed by atoms with van der Waals surface area (Å²) in [5.41, 5.74) is 2.14. The van der Waals surface area contributed by atoms with Crippen molar-refractivity contribution in [3.63, 3.8) is 0 Å². The Morgan fingerprint density at radius 3 is 2.65 bits per heavy atom. The molecule has 0 unspecified atom stereocenters. The molecule has 0 saturated carbocycles. The van der Waals surface area contributed by atoms with Gasteiger partial charge in [-0.1, -0.05) is 24.3 Å². The van der Waals surface area contributed by atoms with Gasteiger partial charge in [-0.2, -0.15) is 9.40 Å². The molecule has 1 fully saturated rings. The van der Waals surface area contributed by atoms with Gasteiger partial charge in [0.2, 0.25) is 5.91 Å². The molecular formula is C22H26N4O3S2. The second-order valence-corrected chi connectivity index (χ2v) is 11.3. The zero-order valence-electron chi connectivity index (χ0n) is 17.4. The fourth-order valence-electron chi connectivity index (χ4n) is 3.73. The van der Waals surface area contributed by atoms with Gasteiger partial charge in [-0.05, 0) is 49.1 Å². The number of piperidine rings is 1. The summed E-state index contributed by atoms with van der Waals surface area (Å²) in [6.45, 7) is 3.71. The molecule has 9 heteroatoms. The van der Waals surface area contributed by atoms with Gasteiger partial charge in [0.05, 0.1) is 12.5 Å². The van der Waals surface area contributed by atoms with Gasteiger partial charge in [0.1, 0.15) is 4.21 Å². The molecule has 7 nitrogen and oxygen atoms in total. The molecule has 0 spiro atoms. The number of hydrogen-bond donors (Lipinski definition) is 1. The van der Waals surface area contributed by atoms with Gasteiger partial charge in [0.15, 0.2) is 0 Å². The number of rotatable bonds is 7. The van der Waals surface area contributed by atoms with Crippen molar-refractivity contribution < 1.29 is 13.2 Å². The number of amides is 1. The van der Waals surface area contributed by atoms with Gasteiger partial charge >= 0.3 is 0 Å². The van der Waals surface area contributed by atoms with Crippen LogP contribution in [-0.4, -0.2) is 41.5 Å². The van der Waals surface area contributed by atoms with E-state index < -0.39 is 10.0 Å². The van der Waals surface area contributed by atoms with Gasteiger partial charge in [-0.25, -0.2) is 8.42 Å². The number of benzene rings is 1. The monoisotopic (exact) mass is 458 g/mol. The molecule has 1 saturated heterocycles. The number of sulfonamides is 1. The average Bonchev–Trinajstić information content (AvgIpc) is 3.45. The van der Waals surface area contributed by atoms with E-state index in [4.69, 9.17) is 0 Å². The average molecular weight is 459 g/mol. The second-order valence-electron chi connectivity index (χ2n) is 7.81. The fraction of sp³-hybridized carbons (Fsp3) is 0.364. The summed E-state index contributed by atoms with van der Waals surface area (Å²) < 4.78 is 29.4. The van der Waals surface area contributed by atoms with Gasteiger partial charge in [0.25, 0.3) is 10.0 Å². The molecule has 0 radical (unpaired) electrons. The van der Waals surface area contributed by atoms with Gasteiger partial charge in [-0.3, -0.25) is 9.48 Å². The third-order valence-electron chi connectivity index (χ3n) is 5.46. The summed E-state index contributed by atoms with van der Waals surface area (Å²) in [4.78, 5) is 13.7. The van der Waals surface area contributed by atoms with Crippen LogP contribution in [0.4, 0.5) is 0 Å². The molecule has 1 aliphatic heterocycles. The topological polar surface area (TPSA) is 84.3 Å². The van der Waals surface area contributed by atoms with Crippen LogP contribution in [0, 0.1) is 12.8 Å². The Bertz CT molecular complexity index is 1120. The number of carbonyl (C=O) groups excluding carboxylic acids is 1. The number of nitrogens with one attached hydrogen (secondary N) is 1. The standard InChI is InChI=1S/C22H26N4O3S2/c1-17-5-10-21(30-17)31(28,29)26-13-2-4-20(16-26)22(27)23-14-18-6-8-19(9-7-18)15-25-12-3-11-24-25/h3,5-12,20H,2,4,13-16H2,1H3,(H,23,27)/t20-/m1/s1. The van der Waals surface area contributed by atoms with Crippen molar-refractivity contribution in [2.45, 2.75) is 37.1 Å². The Balaban J connectivity index is 1.32. The predicted octanol–water partition coefficient (Wildman–Crippen LogP) is 3.02. The van der Waals surface area contributed by atoms with Crippen molar-refractivity contribution in [1.82, 2.24) is 19.4 Å². The van der Waals surface area contributed by atoms with Crippen LogP contribution in [0.25, 0.3) is 0 Å². The normalized spacial score (nSPS) is 17.5. The SMILES string of the molecule is Cc1ccc(S(=O)(=O)N2CCC[C@@H](C(=O)NCc3ccc(Cn4cccn4)cc3)C2)s1. The lowest BCUT2D eigenvalue weighted by Gasteiger charge is -2.30. The van der Waals surface area contributed by atoms with Crippen molar-refractivity contribution in [2.75, 3.05) is 13.1 Å². The van der Waals surface area contributed by atoms with E-state index in [1.54, 1.807) is 12.3 Å². The second kappa shape index (κ2) is 9.33. The number of aromatic nitrogens is 2. The Hall–Kier alpha value is -2.49. The van der Waals surface area contributed by atoms with E-state index in [2.05, 4.69) is 10.4 Å². The first-order valence-corrected chi connectivity index (χ1v) is 12.6. The molecule has 1 N–H and O–H groups in total. The molecule has 3 aromatic rings. The molecule has 1 atom stereocenters. The summed E-state index contributed by atoms with van der Waals surface area (Å²) in [5.74, 6) is -0.424. The van der Waals surface area contributed by atoms with Crippen molar-refractivity contribution in [1.29, 1.82) is 0 Å². The highest BCUT2D eigenvalue weighted by Crippen LogP contribution is 2.28. The van der Waals surface area contributed by atoms with E-state index >= 15 is 0 Å². The highest BCUT2D eigenvalue weighted by atomic mass is 32.2. The number of thiophene rings is 1. The first kappa shape index (κ1) is 21.7. The van der Waals surface area contributed by atoms with Crippen molar-refractivity contribution in [3.8, 4) is 0 Å². The van der Waals surface area contributed by atoms with Crippen molar-refractivity contribution in [3.05, 3.63) is 70.9 Å². The van der Waals surface area contributed by atoms with Crippen LogP contribution in [0.1, 0.15) is 28.8 Å². The summed E-state index contributed by atoms with van der Waals surface area (Å²) >= 11 is 1.27. The molecule has 1 aliphatic rings. The third-order valence-corrected chi connectivity index (χ3v) is 8.79. The van der Waals surface area contributed by atoms with Crippen LogP contribution in [0.2, 0.25) is 0 Å². The lowest BCUT2D eigenvalue weighted by atomic mass is 9.98. The Morgan fingerprint density at radius 2 is 1.97 bits per heavy atom. The summed E-state index contributed by atoms with van der Waals surface area (Å²) in [6.07, 6.45) is 5.05. The minimum atomic E-state index is -3.54. The highest BCUT2D eigenvalue weighted by Gasteiger charge is 2.33. The van der Waals surface area contributed by atoms with E-state index in [9.17, 15) is 13.2 Å². The Kier molecular flexibility index (Phi) is 6.54. The Morgan fingerprint density at radius 1 is 1.19 bits per heavy atom. The maximum atomic E-state index is 12.9. The van der Waals surface area contributed by atoms with Crippen LogP contribution >= 0.6 is 11.3 Å². The Labute approximate surface area is 186 Å². The quantitative estimate of drug-likeness (QED) is 0.590. The third kappa shape index (κ3) is 5.23. The van der Waals surface area contributed by atoms with Gasteiger partial charge < -0.3 is 5.32 Å². The minimum absolute atomic E-state index is 0.0946. The molecule has 1 aromatic carbocycles. The van der Waals surface area contributed by atoms with Gasteiger partial charge in [0, 0.05) is 36.9 Å². The number of aryl methyl sites for hydroxylation is 1. The first-order valence-electron chi connectivity index (χ1n) is 10.3. The van der Waals surface area contributed by atoms with Crippen LogP contribution < -0.4 is 5.32 Å². The summed E-state index contributed by atoms with van der Waals surface area (Å²) in [5, 5.41) is 7.18. The van der Waals surface area contributed by atoms with E-state index in [-0.39, 0.29) is 18.4 Å². The van der Waals surface area contributed by atoms with E-state index in [0.29, 0.717) is 36.7 Å². The van der Waals surface area contributed by atoms with Crippen LogP contribution in [0.15, 0.2) is 59.1 Å². The van der Waals surface area contributed by atoms with Crippen LogP contribution in [0.5, 0.6) is 0 Å². The maximum Gasteiger partial charge on any atom is 0.252 e. The summed E-state index contributed by atoms with van der Waals surface area (Å²) in [6, 6.07) is 13.4. The molecule has 1 amide bonds. The molecule has 2 aromatic heterocycles. The van der Waals surface area contributed by atoms with Crippen molar-refractivity contribution in [2.24, 2.45) is 5.92 Å². The summed E-state index contributed by atoms with van der Waals surface area (Å²) in [7, 11) is -3.54. The van der Waals surface area contributed by atoms with Gasteiger partial charge in [-0.15, -0.1) is 11.3 Å². The fourth-order valence-corrected chi connectivity index (χ4v) is 6.69. The number of nitrogens with zero attached hydrogens (tertiary/aromatic N) is 3. The van der Waals surface area contributed by atoms with E-state index in [0.717, 1.165) is 16.0 Å². The minimum Gasteiger partial charge on any atom is -0.352 e. The molecule has 164 valence electrons. The molecule has 0 aliphatic carbocycles. The maximum absolute atomic E-state index is 12.9. The first-order chi connectivity index (χ1) is 14.9. The van der Waals surface area contributed by atoms with E-state index in [1.165, 1.54) is 15.6 Å². The van der Waals surface area contributed by atoms with Crippen LogP contribution in [-0.2, 0) is 27.9 Å². The highest BCUT2D eigenvalue weighted by molar-refractivity contribution is 7.91. The molecule has 0 bridgehead atoms. The number of hydrogen-bond acceptors (Lipinski definition) is 5. The largest absolute Gasteiger partial charge is 0.352 e. The predicted molar refractivity (Wildman–Crippen MR) is 120 cm³/mol. The van der Waals surface area contributed by atoms with Crippen molar-refractivity contribution >= 4 is 27.3 Å². The lowest BCUT2D eigenvalue weighted by molar-refractivity contribution is -0.126. The zero-order valence-corrected chi connectivity index (χ0v) is 19.0. The van der Waals surface area contributed by atoms with Crippen LogP contribution in [0.3, 0.4) is 0 Å². The number of carbonyl (C=O) groups is 1. The molecule has 4 rings (SSSR count). The zero-order chi connectivity index (χ0) is 21.8. The molecule has 31 heavy (non-hydrogen) atoms. The smallest absolute Gasteiger partial charge is 0.252 e. The lowest BCUT2D eigenvalue weighted by Crippen LogP contribution is -2.45.